The van der Waals surface area contributed by atoms with E-state index in [-0.39, 0.29) is 23.3 Å². The van der Waals surface area contributed by atoms with Gasteiger partial charge in [0.1, 0.15) is 0 Å². The molecule has 0 spiro atoms. The van der Waals surface area contributed by atoms with Crippen LogP contribution in [0.5, 0.6) is 0 Å². The summed E-state index contributed by atoms with van der Waals surface area (Å²) in [5.74, 6) is -1.82. The third-order valence-corrected chi connectivity index (χ3v) is 4.87. The third kappa shape index (κ3) is 3.24. The van der Waals surface area contributed by atoms with Crippen molar-refractivity contribution in [1.82, 2.24) is 4.90 Å². The first kappa shape index (κ1) is 15.5. The van der Waals surface area contributed by atoms with Crippen LogP contribution in [-0.4, -0.2) is 49.6 Å². The zero-order valence-corrected chi connectivity index (χ0v) is 12.6. The van der Waals surface area contributed by atoms with Crippen LogP contribution in [-0.2, 0) is 14.6 Å². The van der Waals surface area contributed by atoms with E-state index in [1.54, 1.807) is 6.92 Å². The Bertz CT molecular complexity index is 665. The molecule has 1 heterocycles. The van der Waals surface area contributed by atoms with Gasteiger partial charge >= 0.3 is 5.97 Å². The molecule has 21 heavy (non-hydrogen) atoms. The van der Waals surface area contributed by atoms with Gasteiger partial charge in [0.15, 0.2) is 9.84 Å². The summed E-state index contributed by atoms with van der Waals surface area (Å²) in [7, 11) is -3.30. The standard InChI is InChI=1S/C14H17NO5S/c1-9-7-15(8-12(9)14(17)18)13(16)10-3-5-11(6-4-10)21(2,19)20/h3-6,9,12H,7-8H2,1-2H3,(H,17,18)/t9-,12-/m1/s1. The number of rotatable bonds is 3. The minimum absolute atomic E-state index is 0.0956. The first-order valence-electron chi connectivity index (χ1n) is 6.52. The number of hydrogen-bond donors (Lipinski definition) is 1. The molecule has 0 radical (unpaired) electrons. The smallest absolute Gasteiger partial charge is 0.308 e. The molecule has 1 aromatic carbocycles. The number of carboxylic acid groups (broad SMARTS) is 1. The number of aliphatic carboxylic acids is 1. The molecule has 6 nitrogen and oxygen atoms in total. The molecule has 2 atom stereocenters. The monoisotopic (exact) mass is 311 g/mol. The van der Waals surface area contributed by atoms with Crippen LogP contribution in [0.1, 0.15) is 17.3 Å². The molecule has 7 heteroatoms. The number of amides is 1. The van der Waals surface area contributed by atoms with Gasteiger partial charge in [0, 0.05) is 24.9 Å². The molecule has 2 rings (SSSR count). The second-order valence-electron chi connectivity index (χ2n) is 5.43. The number of sulfone groups is 1. The lowest BCUT2D eigenvalue weighted by Gasteiger charge is -2.16. The van der Waals surface area contributed by atoms with Crippen LogP contribution in [0, 0.1) is 11.8 Å². The van der Waals surface area contributed by atoms with Crippen molar-refractivity contribution in [3.8, 4) is 0 Å². The largest absolute Gasteiger partial charge is 0.481 e. The lowest BCUT2D eigenvalue weighted by Crippen LogP contribution is -2.29. The molecule has 0 saturated carbocycles. The van der Waals surface area contributed by atoms with Gasteiger partial charge in [-0.3, -0.25) is 9.59 Å². The van der Waals surface area contributed by atoms with Crippen LogP contribution in [0.3, 0.4) is 0 Å². The summed E-state index contributed by atoms with van der Waals surface area (Å²) in [6.07, 6.45) is 1.10. The Morgan fingerprint density at radius 3 is 2.19 bits per heavy atom. The van der Waals surface area contributed by atoms with Crippen molar-refractivity contribution in [2.45, 2.75) is 11.8 Å². The van der Waals surface area contributed by atoms with Crippen LogP contribution >= 0.6 is 0 Å². The number of carbonyl (C=O) groups excluding carboxylic acids is 1. The van der Waals surface area contributed by atoms with Gasteiger partial charge in [-0.15, -0.1) is 0 Å². The summed E-state index contributed by atoms with van der Waals surface area (Å²) in [4.78, 5) is 25.0. The van der Waals surface area contributed by atoms with Gasteiger partial charge in [0.2, 0.25) is 0 Å². The third-order valence-electron chi connectivity index (χ3n) is 3.75. The number of likely N-dealkylation sites (tertiary alicyclic amines) is 1. The molecule has 1 fully saturated rings. The van der Waals surface area contributed by atoms with Crippen molar-refractivity contribution >= 4 is 21.7 Å². The number of nitrogens with zero attached hydrogens (tertiary/aromatic N) is 1. The first-order chi connectivity index (χ1) is 9.70. The van der Waals surface area contributed by atoms with Crippen LogP contribution in [0.4, 0.5) is 0 Å². The molecule has 0 aliphatic carbocycles. The van der Waals surface area contributed by atoms with Crippen LogP contribution in [0.15, 0.2) is 29.2 Å². The van der Waals surface area contributed by atoms with Crippen molar-refractivity contribution in [3.05, 3.63) is 29.8 Å². The lowest BCUT2D eigenvalue weighted by atomic mass is 9.99. The van der Waals surface area contributed by atoms with E-state index >= 15 is 0 Å². The van der Waals surface area contributed by atoms with Crippen molar-refractivity contribution in [2.24, 2.45) is 11.8 Å². The molecule has 0 aromatic heterocycles. The highest BCUT2D eigenvalue weighted by Crippen LogP contribution is 2.25. The number of hydrogen-bond acceptors (Lipinski definition) is 4. The fourth-order valence-corrected chi connectivity index (χ4v) is 3.11. The summed E-state index contributed by atoms with van der Waals surface area (Å²) in [5.41, 5.74) is 0.362. The maximum atomic E-state index is 12.3. The number of carbonyl (C=O) groups is 2. The molecular weight excluding hydrogens is 294 g/mol. The summed E-state index contributed by atoms with van der Waals surface area (Å²) < 4.78 is 22.7. The predicted molar refractivity (Wildman–Crippen MR) is 75.7 cm³/mol. The summed E-state index contributed by atoms with van der Waals surface area (Å²) >= 11 is 0. The van der Waals surface area contributed by atoms with E-state index in [1.807, 2.05) is 0 Å². The molecule has 1 aliphatic rings. The Morgan fingerprint density at radius 1 is 1.19 bits per heavy atom. The van der Waals surface area contributed by atoms with Crippen molar-refractivity contribution in [2.75, 3.05) is 19.3 Å². The van der Waals surface area contributed by atoms with Gasteiger partial charge in [-0.1, -0.05) is 6.92 Å². The Kier molecular flexibility index (Phi) is 4.04. The minimum Gasteiger partial charge on any atom is -0.481 e. The molecule has 0 bridgehead atoms. The number of benzene rings is 1. The molecule has 1 aliphatic heterocycles. The Morgan fingerprint density at radius 2 is 1.76 bits per heavy atom. The fraction of sp³-hybridized carbons (Fsp3) is 0.429. The second kappa shape index (κ2) is 5.48. The van der Waals surface area contributed by atoms with Gasteiger partial charge in [-0.05, 0) is 30.2 Å². The van der Waals surface area contributed by atoms with E-state index in [2.05, 4.69) is 0 Å². The van der Waals surface area contributed by atoms with E-state index in [1.165, 1.54) is 29.2 Å². The van der Waals surface area contributed by atoms with E-state index in [4.69, 9.17) is 5.11 Å². The highest BCUT2D eigenvalue weighted by atomic mass is 32.2. The van der Waals surface area contributed by atoms with E-state index < -0.39 is 21.7 Å². The topological polar surface area (TPSA) is 91.8 Å². The Labute approximate surface area is 123 Å². The van der Waals surface area contributed by atoms with E-state index in [0.29, 0.717) is 12.1 Å². The molecule has 1 amide bonds. The van der Waals surface area contributed by atoms with Gasteiger partial charge in [0.25, 0.3) is 5.91 Å². The van der Waals surface area contributed by atoms with E-state index in [9.17, 15) is 18.0 Å². The highest BCUT2D eigenvalue weighted by Gasteiger charge is 2.37. The van der Waals surface area contributed by atoms with Crippen molar-refractivity contribution in [1.29, 1.82) is 0 Å². The normalized spacial score (nSPS) is 22.3. The van der Waals surface area contributed by atoms with Gasteiger partial charge in [-0.2, -0.15) is 0 Å². The summed E-state index contributed by atoms with van der Waals surface area (Å²) in [5, 5.41) is 9.08. The van der Waals surface area contributed by atoms with Crippen molar-refractivity contribution < 1.29 is 23.1 Å². The van der Waals surface area contributed by atoms with Crippen LogP contribution < -0.4 is 0 Å². The molecule has 114 valence electrons. The van der Waals surface area contributed by atoms with Crippen LogP contribution in [0.2, 0.25) is 0 Å². The highest BCUT2D eigenvalue weighted by molar-refractivity contribution is 7.90. The quantitative estimate of drug-likeness (QED) is 0.895. The van der Waals surface area contributed by atoms with Crippen molar-refractivity contribution in [3.63, 3.8) is 0 Å². The number of carboxylic acids is 1. The molecule has 1 N–H and O–H groups in total. The van der Waals surface area contributed by atoms with Crippen LogP contribution in [0.25, 0.3) is 0 Å². The zero-order valence-electron chi connectivity index (χ0n) is 11.8. The van der Waals surface area contributed by atoms with Gasteiger partial charge in [-0.25, -0.2) is 8.42 Å². The van der Waals surface area contributed by atoms with E-state index in [0.717, 1.165) is 6.26 Å². The van der Waals surface area contributed by atoms with Gasteiger partial charge < -0.3 is 10.0 Å². The fourth-order valence-electron chi connectivity index (χ4n) is 2.48. The maximum Gasteiger partial charge on any atom is 0.308 e. The minimum atomic E-state index is -3.30. The predicted octanol–water partition coefficient (Wildman–Crippen LogP) is 0.883. The van der Waals surface area contributed by atoms with Gasteiger partial charge in [0.05, 0.1) is 10.8 Å². The summed E-state index contributed by atoms with van der Waals surface area (Å²) in [6, 6.07) is 5.68. The Balaban J connectivity index is 2.16. The molecule has 0 unspecified atom stereocenters. The first-order valence-corrected chi connectivity index (χ1v) is 8.41. The zero-order chi connectivity index (χ0) is 15.8. The molecular formula is C14H17NO5S. The second-order valence-corrected chi connectivity index (χ2v) is 7.44. The average Bonchev–Trinajstić information content (AvgIpc) is 2.79. The average molecular weight is 311 g/mol. The molecule has 1 saturated heterocycles. The summed E-state index contributed by atoms with van der Waals surface area (Å²) in [6.45, 7) is 2.38. The molecule has 1 aromatic rings. The lowest BCUT2D eigenvalue weighted by molar-refractivity contribution is -0.142. The SMILES string of the molecule is C[C@@H]1CN(C(=O)c2ccc(S(C)(=O)=O)cc2)C[C@H]1C(=O)O. The maximum absolute atomic E-state index is 12.3. The Hall–Kier alpha value is -1.89.